The lowest BCUT2D eigenvalue weighted by Crippen LogP contribution is -2.44. The molecule has 0 spiro atoms. The number of anilines is 2. The number of thioether (sulfide) groups is 1. The maximum Gasteiger partial charge on any atom is 0.224 e. The van der Waals surface area contributed by atoms with Gasteiger partial charge in [-0.1, -0.05) is 14.9 Å². The second kappa shape index (κ2) is 14.0. The van der Waals surface area contributed by atoms with Gasteiger partial charge in [-0.05, 0) is 69.0 Å². The molecule has 0 amide bonds. The molecular weight excluding hydrogens is 603 g/mol. The summed E-state index contributed by atoms with van der Waals surface area (Å²) in [5.41, 5.74) is 1.89. The Hall–Kier alpha value is -1.24. The topological polar surface area (TPSA) is 93.6 Å². The molecule has 0 bridgehead atoms. The van der Waals surface area contributed by atoms with Gasteiger partial charge in [-0.25, -0.2) is 19.9 Å². The lowest BCUT2D eigenvalue weighted by atomic mass is 10.2. The standard InChI is InChI=1S/C13H18ClN3O2S.C13H18ClN3OS.2CH4/c1-9-8-19-6-5-17(9)11-7-10(15-12(14)16-11)13(3-4-13)20(2)18;1-9-8-18-6-5-17(9)11-7-10(15-12(14)16-11)13(19-2)3-4-13;;/h7,9H,3-6,8H2,1-2H3;7,9H,3-6,8H2,1-2H3;2*1H4/t9-,20-;9-;;/m11../s1. The van der Waals surface area contributed by atoms with Crippen LogP contribution < -0.4 is 9.80 Å². The predicted octanol–water partition coefficient (Wildman–Crippen LogP) is 5.70. The van der Waals surface area contributed by atoms with Crippen LogP contribution in [0, 0.1) is 0 Å². The van der Waals surface area contributed by atoms with Gasteiger partial charge in [0.05, 0.1) is 59.4 Å². The molecule has 6 rings (SSSR count). The molecule has 2 saturated carbocycles. The van der Waals surface area contributed by atoms with Gasteiger partial charge in [-0.2, -0.15) is 11.8 Å². The Morgan fingerprint density at radius 2 is 1.32 bits per heavy atom. The normalized spacial score (nSPS) is 24.6. The van der Waals surface area contributed by atoms with Crippen molar-refractivity contribution in [1.29, 1.82) is 0 Å². The number of hydrogen-bond acceptors (Lipinski definition) is 10. The number of aromatic nitrogens is 4. The first kappa shape index (κ1) is 34.3. The van der Waals surface area contributed by atoms with Gasteiger partial charge in [0, 0.05) is 42.3 Å². The Kier molecular flexibility index (Phi) is 11.7. The van der Waals surface area contributed by atoms with Crippen molar-refractivity contribution in [3.05, 3.63) is 34.1 Å². The van der Waals surface area contributed by atoms with Crippen molar-refractivity contribution in [2.24, 2.45) is 0 Å². The second-order valence-corrected chi connectivity index (χ2v) is 14.2. The minimum Gasteiger partial charge on any atom is -0.377 e. The van der Waals surface area contributed by atoms with Crippen LogP contribution in [0.4, 0.5) is 11.6 Å². The molecule has 41 heavy (non-hydrogen) atoms. The van der Waals surface area contributed by atoms with Gasteiger partial charge < -0.3 is 19.3 Å². The molecule has 0 aromatic carbocycles. The highest BCUT2D eigenvalue weighted by atomic mass is 35.5. The fourth-order valence-corrected chi connectivity index (χ4v) is 7.45. The van der Waals surface area contributed by atoms with Crippen LogP contribution in [0.5, 0.6) is 0 Å². The largest absolute Gasteiger partial charge is 0.377 e. The first-order valence-corrected chi connectivity index (χ1v) is 16.9. The lowest BCUT2D eigenvalue weighted by Gasteiger charge is -2.34. The molecule has 0 N–H and O–H groups in total. The van der Waals surface area contributed by atoms with E-state index in [-0.39, 0.29) is 35.7 Å². The van der Waals surface area contributed by atoms with Gasteiger partial charge in [0.2, 0.25) is 10.6 Å². The molecule has 2 aromatic heterocycles. The summed E-state index contributed by atoms with van der Waals surface area (Å²) in [5, 5.41) is 0.583. The van der Waals surface area contributed by atoms with Gasteiger partial charge in [0.1, 0.15) is 11.6 Å². The number of morpholine rings is 2. The molecule has 2 saturated heterocycles. The van der Waals surface area contributed by atoms with Gasteiger partial charge in [-0.3, -0.25) is 4.21 Å². The quantitative estimate of drug-likeness (QED) is 0.364. The summed E-state index contributed by atoms with van der Waals surface area (Å²) in [6, 6.07) is 4.64. The molecule has 4 aliphatic rings. The van der Waals surface area contributed by atoms with Gasteiger partial charge in [-0.15, -0.1) is 0 Å². The van der Waals surface area contributed by atoms with E-state index in [1.54, 1.807) is 6.26 Å². The first-order chi connectivity index (χ1) is 18.7. The summed E-state index contributed by atoms with van der Waals surface area (Å²) in [4.78, 5) is 21.9. The summed E-state index contributed by atoms with van der Waals surface area (Å²) < 4.78 is 22.8. The Labute approximate surface area is 262 Å². The van der Waals surface area contributed by atoms with E-state index in [4.69, 9.17) is 32.7 Å². The predicted molar refractivity (Wildman–Crippen MR) is 172 cm³/mol. The number of nitrogens with zero attached hydrogens (tertiary/aromatic N) is 6. The third-order valence-corrected chi connectivity index (χ3v) is 11.4. The fourth-order valence-electron chi connectivity index (χ4n) is 5.19. The molecule has 0 unspecified atom stereocenters. The third kappa shape index (κ3) is 7.47. The van der Waals surface area contributed by atoms with Crippen LogP contribution in [0.2, 0.25) is 10.6 Å². The van der Waals surface area contributed by atoms with Crippen molar-refractivity contribution < 1.29 is 13.7 Å². The number of hydrogen-bond donors (Lipinski definition) is 0. The van der Waals surface area contributed by atoms with Crippen LogP contribution in [-0.2, 0) is 29.8 Å². The second-order valence-electron chi connectivity index (χ2n) is 10.6. The summed E-state index contributed by atoms with van der Waals surface area (Å²) >= 11 is 14.1. The van der Waals surface area contributed by atoms with Gasteiger partial charge in [0.15, 0.2) is 0 Å². The van der Waals surface area contributed by atoms with Crippen molar-refractivity contribution in [3.8, 4) is 0 Å². The molecule has 230 valence electrons. The fraction of sp³-hybridized carbons (Fsp3) is 0.714. The Balaban J connectivity index is 0.000000215. The number of rotatable bonds is 6. The van der Waals surface area contributed by atoms with E-state index >= 15 is 0 Å². The maximum atomic E-state index is 12.0. The minimum absolute atomic E-state index is 0. The lowest BCUT2D eigenvalue weighted by molar-refractivity contribution is 0.0985. The minimum atomic E-state index is -0.938. The average Bonchev–Trinajstić information content (AvgIpc) is 3.84. The highest BCUT2D eigenvalue weighted by Gasteiger charge is 2.50. The molecular formula is C28H44Cl2N6O3S2. The summed E-state index contributed by atoms with van der Waals surface area (Å²) in [6.45, 7) is 8.75. The zero-order chi connectivity index (χ0) is 27.8. The van der Waals surface area contributed by atoms with Crippen molar-refractivity contribution >= 4 is 57.4 Å². The molecule has 4 fully saturated rings. The SMILES string of the molecule is C.C.CSC1(c2cc(N3CCOC[C@H]3C)nc(Cl)n2)CC1.C[C@@H]1COCCN1c1cc(C2([S@@](C)=O)CC2)nc(Cl)n1. The first-order valence-electron chi connectivity index (χ1n) is 13.3. The van der Waals surface area contributed by atoms with Crippen LogP contribution in [0.1, 0.15) is 65.8 Å². The van der Waals surface area contributed by atoms with Gasteiger partial charge in [0.25, 0.3) is 0 Å². The van der Waals surface area contributed by atoms with Crippen LogP contribution in [0.3, 0.4) is 0 Å². The molecule has 2 aliphatic carbocycles. The van der Waals surface area contributed by atoms with Crippen LogP contribution >= 0.6 is 35.0 Å². The Morgan fingerprint density at radius 1 is 0.854 bits per heavy atom. The van der Waals surface area contributed by atoms with Gasteiger partial charge >= 0.3 is 0 Å². The van der Waals surface area contributed by atoms with Crippen molar-refractivity contribution in [2.45, 2.75) is 76.0 Å². The smallest absolute Gasteiger partial charge is 0.224 e. The molecule has 2 aromatic rings. The molecule has 4 heterocycles. The van der Waals surface area contributed by atoms with E-state index in [1.807, 2.05) is 17.8 Å². The molecule has 9 nitrogen and oxygen atoms in total. The molecule has 13 heteroatoms. The molecule has 0 radical (unpaired) electrons. The third-order valence-electron chi connectivity index (χ3n) is 7.98. The summed E-state index contributed by atoms with van der Waals surface area (Å²) in [6.07, 6.45) is 8.04. The van der Waals surface area contributed by atoms with E-state index < -0.39 is 10.8 Å². The Morgan fingerprint density at radius 3 is 1.71 bits per heavy atom. The van der Waals surface area contributed by atoms with E-state index in [0.717, 1.165) is 62.2 Å². The molecule has 2 aliphatic heterocycles. The van der Waals surface area contributed by atoms with E-state index in [0.29, 0.717) is 24.5 Å². The number of halogens is 2. The maximum absolute atomic E-state index is 12.0. The van der Waals surface area contributed by atoms with Crippen molar-refractivity contribution in [1.82, 2.24) is 19.9 Å². The summed E-state index contributed by atoms with van der Waals surface area (Å²) in [5.74, 6) is 1.75. The zero-order valence-electron chi connectivity index (χ0n) is 22.9. The highest BCUT2D eigenvalue weighted by Crippen LogP contribution is 2.55. The average molecular weight is 648 g/mol. The van der Waals surface area contributed by atoms with Crippen LogP contribution in [0.15, 0.2) is 12.1 Å². The van der Waals surface area contributed by atoms with Crippen molar-refractivity contribution in [3.63, 3.8) is 0 Å². The molecule has 3 atom stereocenters. The number of ether oxygens (including phenoxy) is 2. The highest BCUT2D eigenvalue weighted by molar-refractivity contribution is 7.99. The monoisotopic (exact) mass is 646 g/mol. The zero-order valence-corrected chi connectivity index (χ0v) is 26.0. The van der Waals surface area contributed by atoms with E-state index in [1.165, 1.54) is 12.8 Å². The van der Waals surface area contributed by atoms with Crippen LogP contribution in [0.25, 0.3) is 0 Å². The van der Waals surface area contributed by atoms with Crippen molar-refractivity contribution in [2.75, 3.05) is 61.8 Å². The van der Waals surface area contributed by atoms with Crippen LogP contribution in [-0.4, -0.2) is 88.3 Å². The Bertz CT molecular complexity index is 1220. The summed E-state index contributed by atoms with van der Waals surface area (Å²) in [7, 11) is -0.938. The van der Waals surface area contributed by atoms with E-state index in [9.17, 15) is 4.21 Å². The van der Waals surface area contributed by atoms with E-state index in [2.05, 4.69) is 55.9 Å².